The van der Waals surface area contributed by atoms with Crippen molar-refractivity contribution in [3.63, 3.8) is 0 Å². The van der Waals surface area contributed by atoms with Crippen LogP contribution in [0.25, 0.3) is 11.3 Å². The Hall–Kier alpha value is -2.81. The van der Waals surface area contributed by atoms with E-state index in [-0.39, 0.29) is 0 Å². The van der Waals surface area contributed by atoms with Crippen molar-refractivity contribution < 1.29 is 28.2 Å². The number of benzene rings is 2. The third-order valence-electron chi connectivity index (χ3n) is 5.86. The van der Waals surface area contributed by atoms with Crippen molar-refractivity contribution in [1.29, 1.82) is 0 Å². The van der Waals surface area contributed by atoms with Gasteiger partial charge in [0.25, 0.3) is 0 Å². The van der Waals surface area contributed by atoms with E-state index < -0.39 is 5.60 Å². The minimum absolute atomic E-state index is 0.384. The van der Waals surface area contributed by atoms with Gasteiger partial charge in [0.05, 0.1) is 27.4 Å². The zero-order chi connectivity index (χ0) is 23.4. The fraction of sp³-hybridized carbons (Fsp3) is 0.320. The van der Waals surface area contributed by atoms with Gasteiger partial charge in [0.2, 0.25) is 5.60 Å². The largest absolute Gasteiger partial charge is 0.495 e. The molecule has 0 amide bonds. The van der Waals surface area contributed by atoms with E-state index in [1.165, 1.54) is 7.11 Å². The van der Waals surface area contributed by atoms with E-state index in [9.17, 15) is 4.79 Å². The van der Waals surface area contributed by atoms with Gasteiger partial charge in [0.1, 0.15) is 27.5 Å². The van der Waals surface area contributed by atoms with Gasteiger partial charge in [0, 0.05) is 31.5 Å². The minimum Gasteiger partial charge on any atom is -0.495 e. The van der Waals surface area contributed by atoms with Crippen molar-refractivity contribution in [2.45, 2.75) is 5.60 Å². The molecule has 8 heteroatoms. The molecule has 7 nitrogen and oxygen atoms in total. The van der Waals surface area contributed by atoms with Crippen molar-refractivity contribution in [2.75, 3.05) is 52.5 Å². The van der Waals surface area contributed by atoms with E-state index in [4.69, 9.17) is 23.4 Å². The topological polar surface area (TPSA) is 70.4 Å². The molecule has 2 heterocycles. The molecule has 2 aromatic carbocycles. The average Bonchev–Trinajstić information content (AvgIpc) is 3.37. The predicted molar refractivity (Wildman–Crippen MR) is 128 cm³/mol. The van der Waals surface area contributed by atoms with Gasteiger partial charge >= 0.3 is 0 Å². The maximum absolute atomic E-state index is 12.4. The number of aldehydes is 1. The number of halogens is 1. The highest BCUT2D eigenvalue weighted by Crippen LogP contribution is 2.41. The Labute approximate surface area is 201 Å². The molecule has 0 bridgehead atoms. The number of hydrogen-bond acceptors (Lipinski definition) is 7. The van der Waals surface area contributed by atoms with Crippen LogP contribution in [0.1, 0.15) is 11.3 Å². The first-order valence-corrected chi connectivity index (χ1v) is 11.3. The molecular weight excluding hydrogens is 490 g/mol. The Bertz CT molecular complexity index is 1080. The van der Waals surface area contributed by atoms with E-state index in [2.05, 4.69) is 20.8 Å². The molecule has 1 fully saturated rings. The molecule has 1 aliphatic rings. The average molecular weight is 516 g/mol. The Morgan fingerprint density at radius 3 is 2.15 bits per heavy atom. The molecule has 0 aliphatic carbocycles. The molecule has 4 rings (SSSR count). The van der Waals surface area contributed by atoms with E-state index in [1.54, 1.807) is 26.4 Å². The number of morpholine rings is 1. The highest BCUT2D eigenvalue weighted by atomic mass is 79.9. The normalized spacial score (nSPS) is 15.7. The lowest BCUT2D eigenvalue weighted by molar-refractivity contribution is -0.125. The predicted octanol–water partition coefficient (Wildman–Crippen LogP) is 4.65. The van der Waals surface area contributed by atoms with Crippen LogP contribution in [-0.2, 0) is 19.9 Å². The van der Waals surface area contributed by atoms with E-state index in [1.807, 2.05) is 36.4 Å². The maximum Gasteiger partial charge on any atom is 0.205 e. The number of rotatable bonds is 8. The van der Waals surface area contributed by atoms with Crippen molar-refractivity contribution in [3.05, 3.63) is 64.3 Å². The number of carbonyl (C=O) groups excluding carboxylic acids is 1. The Balaban J connectivity index is 1.69. The lowest BCUT2D eigenvalue weighted by atomic mass is 9.92. The first-order valence-electron chi connectivity index (χ1n) is 10.5. The molecule has 1 aliphatic heterocycles. The van der Waals surface area contributed by atoms with E-state index in [0.717, 1.165) is 30.6 Å². The lowest BCUT2D eigenvalue weighted by Gasteiger charge is -2.30. The van der Waals surface area contributed by atoms with Gasteiger partial charge < -0.3 is 28.3 Å². The summed E-state index contributed by atoms with van der Waals surface area (Å²) in [6, 6.07) is 15.0. The number of hydrogen-bond donors (Lipinski definition) is 0. The Morgan fingerprint density at radius 2 is 1.61 bits per heavy atom. The molecule has 3 aromatic rings. The molecular formula is C25H26BrNO6. The van der Waals surface area contributed by atoms with Gasteiger partial charge in [0.15, 0.2) is 6.29 Å². The molecule has 0 radical (unpaired) electrons. The van der Waals surface area contributed by atoms with Crippen LogP contribution < -0.4 is 14.4 Å². The molecule has 1 saturated heterocycles. The fourth-order valence-electron chi connectivity index (χ4n) is 3.98. The Morgan fingerprint density at radius 1 is 0.970 bits per heavy atom. The van der Waals surface area contributed by atoms with Gasteiger partial charge in [-0.2, -0.15) is 0 Å². The second kappa shape index (κ2) is 9.99. The number of nitrogens with zero attached hydrogens (tertiary/aromatic N) is 1. The molecule has 33 heavy (non-hydrogen) atoms. The second-order valence-electron chi connectivity index (χ2n) is 7.56. The highest BCUT2D eigenvalue weighted by Gasteiger charge is 2.38. The summed E-state index contributed by atoms with van der Waals surface area (Å²) in [5, 5.41) is 0. The number of ether oxygens (including phenoxy) is 4. The molecule has 1 aromatic heterocycles. The number of anilines is 1. The van der Waals surface area contributed by atoms with Crippen molar-refractivity contribution >= 4 is 27.9 Å². The third kappa shape index (κ3) is 4.38. The summed E-state index contributed by atoms with van der Waals surface area (Å²) in [7, 11) is 4.66. The molecule has 174 valence electrons. The lowest BCUT2D eigenvalue weighted by Crippen LogP contribution is -2.36. The van der Waals surface area contributed by atoms with Gasteiger partial charge in [-0.1, -0.05) is 12.1 Å². The van der Waals surface area contributed by atoms with Crippen LogP contribution in [0.15, 0.2) is 57.4 Å². The smallest absolute Gasteiger partial charge is 0.205 e. The van der Waals surface area contributed by atoms with Crippen LogP contribution in [-0.4, -0.2) is 53.9 Å². The van der Waals surface area contributed by atoms with Gasteiger partial charge in [-0.15, -0.1) is 0 Å². The van der Waals surface area contributed by atoms with Crippen LogP contribution in [0.4, 0.5) is 5.69 Å². The summed E-state index contributed by atoms with van der Waals surface area (Å²) in [5.74, 6) is 2.15. The van der Waals surface area contributed by atoms with Crippen LogP contribution in [0.5, 0.6) is 11.5 Å². The summed E-state index contributed by atoms with van der Waals surface area (Å²) >= 11 is 3.48. The van der Waals surface area contributed by atoms with Crippen LogP contribution >= 0.6 is 15.9 Å². The van der Waals surface area contributed by atoms with Crippen LogP contribution in [0.3, 0.4) is 0 Å². The highest BCUT2D eigenvalue weighted by molar-refractivity contribution is 9.10. The van der Waals surface area contributed by atoms with Gasteiger partial charge in [-0.05, 0) is 57.9 Å². The number of furan rings is 1. The summed E-state index contributed by atoms with van der Waals surface area (Å²) in [6.45, 7) is 3.09. The van der Waals surface area contributed by atoms with Crippen molar-refractivity contribution in [1.82, 2.24) is 0 Å². The van der Waals surface area contributed by atoms with Crippen molar-refractivity contribution in [3.8, 4) is 22.8 Å². The van der Waals surface area contributed by atoms with Crippen molar-refractivity contribution in [2.24, 2.45) is 0 Å². The summed E-state index contributed by atoms with van der Waals surface area (Å²) in [6.07, 6.45) is 0.766. The quantitative estimate of drug-likeness (QED) is 0.404. The molecule has 1 unspecified atom stereocenters. The van der Waals surface area contributed by atoms with E-state index >= 15 is 0 Å². The molecule has 0 spiro atoms. The molecule has 1 atom stereocenters. The summed E-state index contributed by atoms with van der Waals surface area (Å²) in [4.78, 5) is 14.6. The van der Waals surface area contributed by atoms with Crippen LogP contribution in [0.2, 0.25) is 0 Å². The molecule has 0 N–H and O–H groups in total. The monoisotopic (exact) mass is 515 g/mol. The maximum atomic E-state index is 12.4. The Kier molecular flexibility index (Phi) is 7.07. The summed E-state index contributed by atoms with van der Waals surface area (Å²) in [5.41, 5.74) is 1.14. The molecule has 0 saturated carbocycles. The SMILES string of the molecule is COc1cc(-c2ccc(C(C=O)(OC)c3ccc(N4CCOCC4)cc3)o2)cc(OC)c1Br. The fourth-order valence-corrected chi connectivity index (χ4v) is 4.53. The second-order valence-corrected chi connectivity index (χ2v) is 8.36. The van der Waals surface area contributed by atoms with Crippen LogP contribution in [0, 0.1) is 0 Å². The zero-order valence-electron chi connectivity index (χ0n) is 18.8. The zero-order valence-corrected chi connectivity index (χ0v) is 20.4. The summed E-state index contributed by atoms with van der Waals surface area (Å²) < 4.78 is 28.9. The van der Waals surface area contributed by atoms with Gasteiger partial charge in [-0.25, -0.2) is 0 Å². The van der Waals surface area contributed by atoms with Gasteiger partial charge in [-0.3, -0.25) is 4.79 Å². The minimum atomic E-state index is -1.37. The first kappa shape index (κ1) is 23.4. The number of carbonyl (C=O) groups is 1. The number of methoxy groups -OCH3 is 3. The third-order valence-corrected chi connectivity index (χ3v) is 6.64. The first-order chi connectivity index (χ1) is 16.1. The van der Waals surface area contributed by atoms with E-state index in [0.29, 0.717) is 46.3 Å². The standard InChI is InChI=1S/C25H26BrNO6/c1-29-21-14-17(15-22(30-2)24(21)26)20-8-9-23(33-20)25(16-28,31-3)18-4-6-19(7-5-18)27-10-12-32-13-11-27/h4-9,14-16H,10-13H2,1-3H3.